The molecule has 0 heterocycles. The SMILES string of the molecule is CCCC(N)C(=O)N(CC)CC(=O)NCc1ccc(F)cc1.Cl. The minimum atomic E-state index is -0.560. The van der Waals surface area contributed by atoms with Gasteiger partial charge >= 0.3 is 0 Å². The zero-order valence-electron chi connectivity index (χ0n) is 13.5. The van der Waals surface area contributed by atoms with Crippen LogP contribution in [0.3, 0.4) is 0 Å². The van der Waals surface area contributed by atoms with Gasteiger partial charge in [-0.25, -0.2) is 4.39 Å². The molecule has 0 aliphatic rings. The summed E-state index contributed by atoms with van der Waals surface area (Å²) in [5.74, 6) is -0.785. The highest BCUT2D eigenvalue weighted by Gasteiger charge is 2.21. The summed E-state index contributed by atoms with van der Waals surface area (Å²) in [6, 6.07) is 5.33. The maximum atomic E-state index is 12.8. The second-order valence-electron chi connectivity index (χ2n) is 5.15. The fourth-order valence-electron chi connectivity index (χ4n) is 2.05. The van der Waals surface area contributed by atoms with Crippen LogP contribution in [0.15, 0.2) is 24.3 Å². The lowest BCUT2D eigenvalue weighted by molar-refractivity contribution is -0.137. The van der Waals surface area contributed by atoms with Crippen LogP contribution in [0, 0.1) is 5.82 Å². The molecule has 1 aromatic rings. The first-order valence-corrected chi connectivity index (χ1v) is 7.53. The van der Waals surface area contributed by atoms with Crippen LogP contribution < -0.4 is 11.1 Å². The van der Waals surface area contributed by atoms with Gasteiger partial charge in [-0.15, -0.1) is 12.4 Å². The number of benzene rings is 1. The van der Waals surface area contributed by atoms with Gasteiger partial charge in [0.25, 0.3) is 0 Å². The van der Waals surface area contributed by atoms with E-state index < -0.39 is 6.04 Å². The van der Waals surface area contributed by atoms with Crippen molar-refractivity contribution in [3.8, 4) is 0 Å². The van der Waals surface area contributed by atoms with Crippen molar-refractivity contribution in [1.29, 1.82) is 0 Å². The Bertz CT molecular complexity index is 497. The monoisotopic (exact) mass is 345 g/mol. The van der Waals surface area contributed by atoms with E-state index in [2.05, 4.69) is 5.32 Å². The van der Waals surface area contributed by atoms with Crippen LogP contribution in [-0.4, -0.2) is 35.8 Å². The van der Waals surface area contributed by atoms with Crippen molar-refractivity contribution in [2.75, 3.05) is 13.1 Å². The van der Waals surface area contributed by atoms with Crippen LogP contribution in [-0.2, 0) is 16.1 Å². The lowest BCUT2D eigenvalue weighted by Crippen LogP contribution is -2.47. The van der Waals surface area contributed by atoms with E-state index in [0.29, 0.717) is 19.5 Å². The van der Waals surface area contributed by atoms with Crippen molar-refractivity contribution >= 4 is 24.2 Å². The third kappa shape index (κ3) is 7.43. The number of likely N-dealkylation sites (N-methyl/N-ethyl adjacent to an activating group) is 1. The van der Waals surface area contributed by atoms with Gasteiger partial charge in [0, 0.05) is 13.1 Å². The third-order valence-corrected chi connectivity index (χ3v) is 3.35. The Morgan fingerprint density at radius 2 is 1.87 bits per heavy atom. The first-order chi connectivity index (χ1) is 10.5. The molecule has 1 unspecified atom stereocenters. The predicted octanol–water partition coefficient (Wildman–Crippen LogP) is 1.84. The number of hydrogen-bond acceptors (Lipinski definition) is 3. The molecule has 0 fully saturated rings. The number of hydrogen-bond donors (Lipinski definition) is 2. The van der Waals surface area contributed by atoms with Crippen molar-refractivity contribution < 1.29 is 14.0 Å². The van der Waals surface area contributed by atoms with Crippen molar-refractivity contribution in [2.24, 2.45) is 5.73 Å². The number of nitrogens with zero attached hydrogens (tertiary/aromatic N) is 1. The quantitative estimate of drug-likeness (QED) is 0.755. The van der Waals surface area contributed by atoms with Crippen molar-refractivity contribution in [1.82, 2.24) is 10.2 Å². The van der Waals surface area contributed by atoms with Crippen LogP contribution in [0.5, 0.6) is 0 Å². The van der Waals surface area contributed by atoms with Gasteiger partial charge in [-0.3, -0.25) is 9.59 Å². The maximum absolute atomic E-state index is 12.8. The van der Waals surface area contributed by atoms with E-state index in [0.717, 1.165) is 12.0 Å². The first-order valence-electron chi connectivity index (χ1n) is 7.53. The van der Waals surface area contributed by atoms with Gasteiger partial charge in [0.2, 0.25) is 11.8 Å². The van der Waals surface area contributed by atoms with Gasteiger partial charge in [-0.1, -0.05) is 25.5 Å². The lowest BCUT2D eigenvalue weighted by Gasteiger charge is -2.23. The fourth-order valence-corrected chi connectivity index (χ4v) is 2.05. The fraction of sp³-hybridized carbons (Fsp3) is 0.500. The molecule has 0 spiro atoms. The molecule has 3 N–H and O–H groups in total. The van der Waals surface area contributed by atoms with Crippen LogP contribution in [0.2, 0.25) is 0 Å². The summed E-state index contributed by atoms with van der Waals surface area (Å²) in [5, 5.41) is 2.71. The molecule has 0 bridgehead atoms. The number of rotatable bonds is 8. The highest BCUT2D eigenvalue weighted by molar-refractivity contribution is 5.87. The highest BCUT2D eigenvalue weighted by Crippen LogP contribution is 2.03. The third-order valence-electron chi connectivity index (χ3n) is 3.35. The molecule has 2 amide bonds. The summed E-state index contributed by atoms with van der Waals surface area (Å²) in [6.45, 7) is 4.47. The van der Waals surface area contributed by atoms with Crippen LogP contribution in [0.25, 0.3) is 0 Å². The van der Waals surface area contributed by atoms with Crippen LogP contribution >= 0.6 is 12.4 Å². The molecule has 23 heavy (non-hydrogen) atoms. The van der Waals surface area contributed by atoms with Crippen molar-refractivity contribution in [3.05, 3.63) is 35.6 Å². The van der Waals surface area contributed by atoms with E-state index in [1.165, 1.54) is 17.0 Å². The molecule has 0 aliphatic heterocycles. The number of halogens is 2. The van der Waals surface area contributed by atoms with E-state index in [4.69, 9.17) is 5.73 Å². The zero-order valence-corrected chi connectivity index (χ0v) is 14.4. The number of carbonyl (C=O) groups excluding carboxylic acids is 2. The minimum absolute atomic E-state index is 0. The molecule has 1 atom stereocenters. The number of nitrogens with two attached hydrogens (primary N) is 1. The first kappa shape index (κ1) is 21.3. The largest absolute Gasteiger partial charge is 0.350 e. The van der Waals surface area contributed by atoms with E-state index in [1.807, 2.05) is 13.8 Å². The van der Waals surface area contributed by atoms with Crippen molar-refractivity contribution in [2.45, 2.75) is 39.3 Å². The second kappa shape index (κ2) is 11.0. The van der Waals surface area contributed by atoms with Crippen LogP contribution in [0.4, 0.5) is 4.39 Å². The molecule has 130 valence electrons. The van der Waals surface area contributed by atoms with Gasteiger partial charge < -0.3 is 16.0 Å². The van der Waals surface area contributed by atoms with Gasteiger partial charge in [0.15, 0.2) is 0 Å². The second-order valence-corrected chi connectivity index (χ2v) is 5.15. The van der Waals surface area contributed by atoms with Gasteiger partial charge in [-0.2, -0.15) is 0 Å². The Labute approximate surface area is 142 Å². The predicted molar refractivity (Wildman–Crippen MR) is 90.6 cm³/mol. The zero-order chi connectivity index (χ0) is 16.5. The lowest BCUT2D eigenvalue weighted by atomic mass is 10.1. The summed E-state index contributed by atoms with van der Waals surface area (Å²) in [5.41, 5.74) is 6.60. The van der Waals surface area contributed by atoms with Gasteiger partial charge in [0.05, 0.1) is 12.6 Å². The summed E-state index contributed by atoms with van der Waals surface area (Å²) in [6.07, 6.45) is 1.42. The Kier molecular flexibility index (Phi) is 10.2. The molecule has 0 saturated carbocycles. The Hall–Kier alpha value is -1.66. The van der Waals surface area contributed by atoms with E-state index in [9.17, 15) is 14.0 Å². The Morgan fingerprint density at radius 1 is 1.26 bits per heavy atom. The smallest absolute Gasteiger partial charge is 0.239 e. The average Bonchev–Trinajstić information content (AvgIpc) is 2.51. The van der Waals surface area contributed by atoms with Gasteiger partial charge in [0.1, 0.15) is 5.82 Å². The maximum Gasteiger partial charge on any atom is 0.239 e. The molecule has 0 aliphatic carbocycles. The van der Waals surface area contributed by atoms with E-state index in [-0.39, 0.29) is 36.6 Å². The summed E-state index contributed by atoms with van der Waals surface area (Å²) in [4.78, 5) is 25.5. The molecule has 5 nitrogen and oxygen atoms in total. The normalized spacial score (nSPS) is 11.3. The highest BCUT2D eigenvalue weighted by atomic mass is 35.5. The number of amides is 2. The summed E-state index contributed by atoms with van der Waals surface area (Å²) < 4.78 is 12.8. The topological polar surface area (TPSA) is 75.4 Å². The van der Waals surface area contributed by atoms with Crippen LogP contribution in [0.1, 0.15) is 32.3 Å². The molecule has 0 aromatic heterocycles. The Morgan fingerprint density at radius 3 is 2.39 bits per heavy atom. The van der Waals surface area contributed by atoms with Gasteiger partial charge in [-0.05, 0) is 31.0 Å². The molecule has 1 aromatic carbocycles. The van der Waals surface area contributed by atoms with Crippen molar-refractivity contribution in [3.63, 3.8) is 0 Å². The standard InChI is InChI=1S/C16H24FN3O2.ClH/c1-3-5-14(18)16(22)20(4-2)11-15(21)19-10-12-6-8-13(17)9-7-12;/h6-9,14H,3-5,10-11,18H2,1-2H3,(H,19,21);1H. The minimum Gasteiger partial charge on any atom is -0.350 e. The van der Waals surface area contributed by atoms with E-state index >= 15 is 0 Å². The summed E-state index contributed by atoms with van der Waals surface area (Å²) >= 11 is 0. The average molecular weight is 346 g/mol. The number of nitrogens with one attached hydrogen (secondary N) is 1. The molecular formula is C16H25ClFN3O2. The Balaban J connectivity index is 0.00000484. The molecule has 7 heteroatoms. The molecule has 0 radical (unpaired) electrons. The molecule has 1 rings (SSSR count). The summed E-state index contributed by atoms with van der Waals surface area (Å²) in [7, 11) is 0. The molecular weight excluding hydrogens is 321 g/mol. The van der Waals surface area contributed by atoms with E-state index in [1.54, 1.807) is 12.1 Å². The molecule has 0 saturated heterocycles. The number of carbonyl (C=O) groups is 2.